The number of rotatable bonds is 4. The van der Waals surface area contributed by atoms with E-state index in [4.69, 9.17) is 5.11 Å². The Labute approximate surface area is 147 Å². The van der Waals surface area contributed by atoms with Crippen LogP contribution in [0.15, 0.2) is 66.7 Å². The van der Waals surface area contributed by atoms with Crippen LogP contribution in [0.3, 0.4) is 0 Å². The zero-order valence-electron chi connectivity index (χ0n) is 13.4. The van der Waals surface area contributed by atoms with Crippen LogP contribution in [0.1, 0.15) is 20.7 Å². The Balaban J connectivity index is 1.94. The summed E-state index contributed by atoms with van der Waals surface area (Å²) in [5.74, 6) is -3.59. The Morgan fingerprint density at radius 3 is 2.23 bits per heavy atom. The molecular weight excluding hydrogens is 340 g/mol. The lowest BCUT2D eigenvalue weighted by Gasteiger charge is -2.11. The van der Waals surface area contributed by atoms with Crippen LogP contribution >= 0.6 is 0 Å². The number of amides is 1. The SMILES string of the molecule is O=C(O)c1ccc(NC(=O)c2cc(F)ccc2-c2ccccc2)cc1F. The largest absolute Gasteiger partial charge is 0.478 e. The van der Waals surface area contributed by atoms with Gasteiger partial charge in [-0.1, -0.05) is 36.4 Å². The van der Waals surface area contributed by atoms with E-state index in [1.165, 1.54) is 18.2 Å². The highest BCUT2D eigenvalue weighted by molar-refractivity contribution is 6.08. The van der Waals surface area contributed by atoms with Gasteiger partial charge in [0.2, 0.25) is 0 Å². The van der Waals surface area contributed by atoms with E-state index >= 15 is 0 Å². The highest BCUT2D eigenvalue weighted by atomic mass is 19.1. The minimum absolute atomic E-state index is 0.0702. The normalized spacial score (nSPS) is 10.4. The van der Waals surface area contributed by atoms with Crippen LogP contribution in [0, 0.1) is 11.6 Å². The lowest BCUT2D eigenvalue weighted by atomic mass is 9.99. The number of anilines is 1. The molecule has 3 rings (SSSR count). The molecule has 3 aromatic carbocycles. The van der Waals surface area contributed by atoms with Gasteiger partial charge in [0.15, 0.2) is 0 Å². The number of nitrogens with one attached hydrogen (secondary N) is 1. The van der Waals surface area contributed by atoms with E-state index in [0.29, 0.717) is 5.56 Å². The molecule has 26 heavy (non-hydrogen) atoms. The Bertz CT molecular complexity index is 988. The first-order valence-corrected chi connectivity index (χ1v) is 7.65. The van der Waals surface area contributed by atoms with Crippen LogP contribution in [-0.2, 0) is 0 Å². The van der Waals surface area contributed by atoms with Crippen molar-refractivity contribution in [2.24, 2.45) is 0 Å². The number of hydrogen-bond donors (Lipinski definition) is 2. The number of benzene rings is 3. The van der Waals surface area contributed by atoms with Gasteiger partial charge in [0, 0.05) is 5.69 Å². The average molecular weight is 353 g/mol. The number of carbonyl (C=O) groups excluding carboxylic acids is 1. The van der Waals surface area contributed by atoms with Gasteiger partial charge in [-0.05, 0) is 41.5 Å². The molecule has 0 saturated heterocycles. The lowest BCUT2D eigenvalue weighted by molar-refractivity contribution is 0.0692. The van der Waals surface area contributed by atoms with Gasteiger partial charge in [0.05, 0.1) is 11.1 Å². The first-order chi connectivity index (χ1) is 12.5. The van der Waals surface area contributed by atoms with Crippen molar-refractivity contribution in [1.82, 2.24) is 0 Å². The first-order valence-electron chi connectivity index (χ1n) is 7.65. The van der Waals surface area contributed by atoms with Gasteiger partial charge in [-0.25, -0.2) is 13.6 Å². The fourth-order valence-electron chi connectivity index (χ4n) is 2.54. The third-order valence-corrected chi connectivity index (χ3v) is 3.77. The topological polar surface area (TPSA) is 66.4 Å². The van der Waals surface area contributed by atoms with Gasteiger partial charge in [-0.15, -0.1) is 0 Å². The number of halogens is 2. The summed E-state index contributed by atoms with van der Waals surface area (Å²) in [5.41, 5.74) is 0.899. The molecule has 0 atom stereocenters. The van der Waals surface area contributed by atoms with Gasteiger partial charge in [-0.3, -0.25) is 4.79 Å². The highest BCUT2D eigenvalue weighted by Crippen LogP contribution is 2.25. The minimum atomic E-state index is -1.41. The Morgan fingerprint density at radius 2 is 1.58 bits per heavy atom. The quantitative estimate of drug-likeness (QED) is 0.721. The van der Waals surface area contributed by atoms with E-state index in [9.17, 15) is 18.4 Å². The third-order valence-electron chi connectivity index (χ3n) is 3.77. The van der Waals surface area contributed by atoms with Crippen LogP contribution in [0.5, 0.6) is 0 Å². The van der Waals surface area contributed by atoms with Crippen molar-refractivity contribution in [3.05, 3.63) is 89.5 Å². The smallest absolute Gasteiger partial charge is 0.338 e. The molecular formula is C20H13F2NO3. The predicted molar refractivity (Wildman–Crippen MR) is 93.1 cm³/mol. The number of hydrogen-bond acceptors (Lipinski definition) is 2. The Kier molecular flexibility index (Phi) is 4.75. The first kappa shape index (κ1) is 17.3. The molecule has 6 heteroatoms. The molecule has 0 saturated carbocycles. The van der Waals surface area contributed by atoms with Gasteiger partial charge in [0.1, 0.15) is 11.6 Å². The molecule has 0 radical (unpaired) electrons. The van der Waals surface area contributed by atoms with Crippen molar-refractivity contribution >= 4 is 17.6 Å². The van der Waals surface area contributed by atoms with Crippen LogP contribution in [-0.4, -0.2) is 17.0 Å². The number of carboxylic acids is 1. The summed E-state index contributed by atoms with van der Waals surface area (Å²) in [6.45, 7) is 0. The van der Waals surface area contributed by atoms with E-state index in [1.807, 2.05) is 6.07 Å². The molecule has 0 aliphatic carbocycles. The summed E-state index contributed by atoms with van der Waals surface area (Å²) in [5, 5.41) is 11.3. The summed E-state index contributed by atoms with van der Waals surface area (Å²) >= 11 is 0. The molecule has 0 aliphatic rings. The Hall–Kier alpha value is -3.54. The summed E-state index contributed by atoms with van der Waals surface area (Å²) in [6.07, 6.45) is 0. The van der Waals surface area contributed by atoms with Crippen molar-refractivity contribution in [2.75, 3.05) is 5.32 Å². The van der Waals surface area contributed by atoms with E-state index < -0.39 is 29.1 Å². The van der Waals surface area contributed by atoms with Crippen LogP contribution in [0.2, 0.25) is 0 Å². The van der Waals surface area contributed by atoms with Crippen molar-refractivity contribution in [2.45, 2.75) is 0 Å². The van der Waals surface area contributed by atoms with Gasteiger partial charge in [-0.2, -0.15) is 0 Å². The minimum Gasteiger partial charge on any atom is -0.478 e. The summed E-state index contributed by atoms with van der Waals surface area (Å²) in [7, 11) is 0. The molecule has 0 aliphatic heterocycles. The van der Waals surface area contributed by atoms with Gasteiger partial charge in [0.25, 0.3) is 5.91 Å². The number of carboxylic acid groups (broad SMARTS) is 1. The maximum Gasteiger partial charge on any atom is 0.338 e. The second-order valence-corrected chi connectivity index (χ2v) is 5.51. The second-order valence-electron chi connectivity index (χ2n) is 5.51. The standard InChI is InChI=1S/C20H13F2NO3/c21-13-6-8-15(12-4-2-1-3-5-12)17(10-13)19(24)23-14-7-9-16(20(25)26)18(22)11-14/h1-11H,(H,23,24)(H,25,26). The Morgan fingerprint density at radius 1 is 0.846 bits per heavy atom. The third kappa shape index (κ3) is 3.59. The van der Waals surface area contributed by atoms with Crippen molar-refractivity contribution in [1.29, 1.82) is 0 Å². The van der Waals surface area contributed by atoms with E-state index in [-0.39, 0.29) is 11.3 Å². The number of carbonyl (C=O) groups is 2. The lowest BCUT2D eigenvalue weighted by Crippen LogP contribution is -2.14. The average Bonchev–Trinajstić information content (AvgIpc) is 2.62. The molecule has 1 amide bonds. The maximum absolute atomic E-state index is 13.8. The second kappa shape index (κ2) is 7.14. The predicted octanol–water partition coefficient (Wildman–Crippen LogP) is 4.58. The zero-order chi connectivity index (χ0) is 18.7. The van der Waals surface area contributed by atoms with E-state index in [1.54, 1.807) is 24.3 Å². The molecule has 4 nitrogen and oxygen atoms in total. The van der Waals surface area contributed by atoms with Crippen LogP contribution in [0.25, 0.3) is 11.1 Å². The summed E-state index contributed by atoms with van der Waals surface area (Å²) in [6, 6.07) is 16.0. The van der Waals surface area contributed by atoms with Crippen molar-refractivity contribution in [3.8, 4) is 11.1 Å². The van der Waals surface area contributed by atoms with Crippen molar-refractivity contribution in [3.63, 3.8) is 0 Å². The van der Waals surface area contributed by atoms with Crippen LogP contribution < -0.4 is 5.32 Å². The molecule has 130 valence electrons. The monoisotopic (exact) mass is 353 g/mol. The van der Waals surface area contributed by atoms with Crippen LogP contribution in [0.4, 0.5) is 14.5 Å². The molecule has 3 aromatic rings. The molecule has 0 bridgehead atoms. The van der Waals surface area contributed by atoms with Gasteiger partial charge >= 0.3 is 5.97 Å². The highest BCUT2D eigenvalue weighted by Gasteiger charge is 2.16. The molecule has 0 aromatic heterocycles. The number of aromatic carboxylic acids is 1. The zero-order valence-corrected chi connectivity index (χ0v) is 13.4. The summed E-state index contributed by atoms with van der Waals surface area (Å²) in [4.78, 5) is 23.4. The molecule has 0 spiro atoms. The fourth-order valence-corrected chi connectivity index (χ4v) is 2.54. The van der Waals surface area contributed by atoms with E-state index in [2.05, 4.69) is 5.32 Å². The molecule has 0 unspecified atom stereocenters. The molecule has 2 N–H and O–H groups in total. The van der Waals surface area contributed by atoms with E-state index in [0.717, 1.165) is 23.8 Å². The van der Waals surface area contributed by atoms with Gasteiger partial charge < -0.3 is 10.4 Å². The maximum atomic E-state index is 13.8. The summed E-state index contributed by atoms with van der Waals surface area (Å²) < 4.78 is 27.4. The van der Waals surface area contributed by atoms with Crippen molar-refractivity contribution < 1.29 is 23.5 Å². The molecule has 0 fully saturated rings. The molecule has 0 heterocycles. The fraction of sp³-hybridized carbons (Fsp3) is 0.